The number of aromatic nitrogens is 2. The van der Waals surface area contributed by atoms with Crippen LogP contribution in [-0.2, 0) is 12.8 Å². The molecule has 27 heavy (non-hydrogen) atoms. The van der Waals surface area contributed by atoms with Crippen molar-refractivity contribution < 1.29 is 9.53 Å². The molecule has 0 saturated carbocycles. The highest BCUT2D eigenvalue weighted by Gasteiger charge is 2.15. The van der Waals surface area contributed by atoms with E-state index < -0.39 is 6.09 Å². The second kappa shape index (κ2) is 9.24. The molecule has 2 aromatic carbocycles. The third kappa shape index (κ3) is 5.11. The van der Waals surface area contributed by atoms with Gasteiger partial charge >= 0.3 is 6.09 Å². The van der Waals surface area contributed by atoms with Gasteiger partial charge in [0.05, 0.1) is 17.6 Å². The minimum atomic E-state index is -0.478. The normalized spacial score (nSPS) is 10.6. The molecule has 3 rings (SSSR count). The zero-order valence-electron chi connectivity index (χ0n) is 15.2. The molecule has 1 amide bonds. The van der Waals surface area contributed by atoms with Gasteiger partial charge < -0.3 is 10.1 Å². The predicted molar refractivity (Wildman–Crippen MR) is 107 cm³/mol. The second-order valence-electron chi connectivity index (χ2n) is 6.15. The van der Waals surface area contributed by atoms with Gasteiger partial charge in [-0.3, -0.25) is 0 Å². The van der Waals surface area contributed by atoms with E-state index in [1.54, 1.807) is 6.20 Å². The summed E-state index contributed by atoms with van der Waals surface area (Å²) >= 11 is 5.88. The average molecular weight is 384 g/mol. The standard InChI is InChI=1S/C21H22ClN3O2/c1-2-6-19-20(15-24-25(19)18-7-4-3-5-8-18)27-21(26)23-14-13-16-9-11-17(22)12-10-16/h3-5,7-12,15H,2,6,13-14H2,1H3,(H,23,26). The number of ether oxygens (including phenoxy) is 1. The molecule has 0 fully saturated rings. The summed E-state index contributed by atoms with van der Waals surface area (Å²) in [6, 6.07) is 17.4. The van der Waals surface area contributed by atoms with E-state index in [2.05, 4.69) is 17.3 Å². The highest BCUT2D eigenvalue weighted by molar-refractivity contribution is 6.30. The first-order valence-electron chi connectivity index (χ1n) is 9.00. The molecular weight excluding hydrogens is 362 g/mol. The third-order valence-corrected chi connectivity index (χ3v) is 4.37. The van der Waals surface area contributed by atoms with Crippen LogP contribution in [0.2, 0.25) is 5.02 Å². The van der Waals surface area contributed by atoms with Crippen LogP contribution in [0.1, 0.15) is 24.6 Å². The number of carbonyl (C=O) groups is 1. The fraction of sp³-hybridized carbons (Fsp3) is 0.238. The lowest BCUT2D eigenvalue weighted by Gasteiger charge is -2.10. The monoisotopic (exact) mass is 383 g/mol. The molecule has 0 radical (unpaired) electrons. The number of carbonyl (C=O) groups excluding carboxylic acids is 1. The Morgan fingerprint density at radius 1 is 1.11 bits per heavy atom. The predicted octanol–water partition coefficient (Wildman–Crippen LogP) is 4.81. The number of nitrogens with zero attached hydrogens (tertiary/aromatic N) is 2. The van der Waals surface area contributed by atoms with Crippen LogP contribution in [0.3, 0.4) is 0 Å². The zero-order valence-corrected chi connectivity index (χ0v) is 15.9. The Morgan fingerprint density at radius 3 is 2.56 bits per heavy atom. The maximum atomic E-state index is 12.2. The molecule has 0 bridgehead atoms. The maximum absolute atomic E-state index is 12.2. The molecule has 0 atom stereocenters. The molecule has 1 aromatic heterocycles. The number of halogens is 1. The van der Waals surface area contributed by atoms with Crippen molar-refractivity contribution in [3.05, 3.63) is 77.1 Å². The van der Waals surface area contributed by atoms with Gasteiger partial charge in [0.15, 0.2) is 5.75 Å². The lowest BCUT2D eigenvalue weighted by atomic mass is 10.1. The lowest BCUT2D eigenvalue weighted by Crippen LogP contribution is -2.29. The van der Waals surface area contributed by atoms with Crippen LogP contribution >= 0.6 is 11.6 Å². The van der Waals surface area contributed by atoms with Crippen LogP contribution in [0.15, 0.2) is 60.8 Å². The van der Waals surface area contributed by atoms with E-state index in [4.69, 9.17) is 16.3 Å². The number of para-hydroxylation sites is 1. The minimum absolute atomic E-state index is 0.478. The molecule has 1 heterocycles. The van der Waals surface area contributed by atoms with Crippen LogP contribution in [0, 0.1) is 0 Å². The van der Waals surface area contributed by atoms with Crippen molar-refractivity contribution >= 4 is 17.7 Å². The van der Waals surface area contributed by atoms with E-state index in [-0.39, 0.29) is 0 Å². The number of rotatable bonds is 7. The molecule has 1 N–H and O–H groups in total. The first kappa shape index (κ1) is 19.0. The largest absolute Gasteiger partial charge is 0.412 e. The van der Waals surface area contributed by atoms with E-state index in [1.165, 1.54) is 0 Å². The van der Waals surface area contributed by atoms with Crippen LogP contribution in [-0.4, -0.2) is 22.4 Å². The molecule has 3 aromatic rings. The number of benzene rings is 2. The zero-order chi connectivity index (χ0) is 19.1. The molecule has 5 nitrogen and oxygen atoms in total. The van der Waals surface area contributed by atoms with Crippen molar-refractivity contribution in [2.24, 2.45) is 0 Å². The van der Waals surface area contributed by atoms with Crippen LogP contribution in [0.25, 0.3) is 5.69 Å². The first-order valence-corrected chi connectivity index (χ1v) is 9.37. The Hall–Kier alpha value is -2.79. The molecule has 6 heteroatoms. The fourth-order valence-electron chi connectivity index (χ4n) is 2.80. The van der Waals surface area contributed by atoms with Gasteiger partial charge in [-0.05, 0) is 42.7 Å². The smallest absolute Gasteiger partial charge is 0.407 e. The Balaban J connectivity index is 1.61. The van der Waals surface area contributed by atoms with Gasteiger partial charge in [-0.1, -0.05) is 55.3 Å². The topological polar surface area (TPSA) is 56.1 Å². The minimum Gasteiger partial charge on any atom is -0.407 e. The van der Waals surface area contributed by atoms with Gasteiger partial charge in [-0.25, -0.2) is 9.48 Å². The Labute approximate surface area is 163 Å². The average Bonchev–Trinajstić information content (AvgIpc) is 3.07. The van der Waals surface area contributed by atoms with Gasteiger partial charge in [-0.2, -0.15) is 5.10 Å². The highest BCUT2D eigenvalue weighted by Crippen LogP contribution is 2.23. The Morgan fingerprint density at radius 2 is 1.85 bits per heavy atom. The molecule has 0 unspecified atom stereocenters. The van der Waals surface area contributed by atoms with E-state index >= 15 is 0 Å². The maximum Gasteiger partial charge on any atom is 0.412 e. The highest BCUT2D eigenvalue weighted by atomic mass is 35.5. The summed E-state index contributed by atoms with van der Waals surface area (Å²) in [7, 11) is 0. The number of hydrogen-bond donors (Lipinski definition) is 1. The SMILES string of the molecule is CCCc1c(OC(=O)NCCc2ccc(Cl)cc2)cnn1-c1ccccc1. The number of hydrogen-bond acceptors (Lipinski definition) is 3. The van der Waals surface area contributed by atoms with Gasteiger partial charge in [0.1, 0.15) is 0 Å². The molecule has 0 aliphatic rings. The summed E-state index contributed by atoms with van der Waals surface area (Å²) in [6.45, 7) is 2.56. The molecule has 0 aliphatic carbocycles. The van der Waals surface area contributed by atoms with Crippen molar-refractivity contribution in [3.63, 3.8) is 0 Å². The van der Waals surface area contributed by atoms with Gasteiger partial charge in [0.2, 0.25) is 0 Å². The molecule has 0 aliphatic heterocycles. The van der Waals surface area contributed by atoms with Crippen LogP contribution < -0.4 is 10.1 Å². The van der Waals surface area contributed by atoms with E-state index in [0.29, 0.717) is 23.7 Å². The summed E-state index contributed by atoms with van der Waals surface area (Å²) in [4.78, 5) is 12.2. The summed E-state index contributed by atoms with van der Waals surface area (Å²) < 4.78 is 7.32. The van der Waals surface area contributed by atoms with E-state index in [9.17, 15) is 4.79 Å². The van der Waals surface area contributed by atoms with Gasteiger partial charge in [0.25, 0.3) is 0 Å². The van der Waals surface area contributed by atoms with Crippen molar-refractivity contribution in [1.29, 1.82) is 0 Å². The summed E-state index contributed by atoms with van der Waals surface area (Å²) in [5.74, 6) is 0.490. The quantitative estimate of drug-likeness (QED) is 0.637. The fourth-order valence-corrected chi connectivity index (χ4v) is 2.92. The molecular formula is C21H22ClN3O2. The van der Waals surface area contributed by atoms with Crippen LogP contribution in [0.4, 0.5) is 4.79 Å². The molecule has 0 spiro atoms. The van der Waals surface area contributed by atoms with Crippen molar-refractivity contribution in [1.82, 2.24) is 15.1 Å². The third-order valence-electron chi connectivity index (χ3n) is 4.12. The lowest BCUT2D eigenvalue weighted by molar-refractivity contribution is 0.200. The van der Waals surface area contributed by atoms with Crippen LogP contribution in [0.5, 0.6) is 5.75 Å². The Bertz CT molecular complexity index is 876. The van der Waals surface area contributed by atoms with Gasteiger partial charge in [-0.15, -0.1) is 0 Å². The molecule has 140 valence electrons. The van der Waals surface area contributed by atoms with Crippen molar-refractivity contribution in [2.75, 3.05) is 6.54 Å². The summed E-state index contributed by atoms with van der Waals surface area (Å²) in [5.41, 5.74) is 2.93. The Kier molecular flexibility index (Phi) is 6.49. The number of amides is 1. The first-order chi connectivity index (χ1) is 13.2. The number of nitrogens with one attached hydrogen (secondary N) is 1. The summed E-state index contributed by atoms with van der Waals surface area (Å²) in [6.07, 6.45) is 3.51. The summed E-state index contributed by atoms with van der Waals surface area (Å²) in [5, 5.41) is 7.87. The van der Waals surface area contributed by atoms with E-state index in [1.807, 2.05) is 59.3 Å². The van der Waals surface area contributed by atoms with Crippen molar-refractivity contribution in [3.8, 4) is 11.4 Å². The van der Waals surface area contributed by atoms with Gasteiger partial charge in [0, 0.05) is 11.6 Å². The van der Waals surface area contributed by atoms with Crippen molar-refractivity contribution in [2.45, 2.75) is 26.2 Å². The van der Waals surface area contributed by atoms with E-state index in [0.717, 1.165) is 29.8 Å². The second-order valence-corrected chi connectivity index (χ2v) is 6.58. The molecule has 0 saturated heterocycles.